The number of ether oxygens (including phenoxy) is 1. The molecule has 1 aliphatic heterocycles. The van der Waals surface area contributed by atoms with Gasteiger partial charge in [0.25, 0.3) is 0 Å². The number of hydrogen-bond donors (Lipinski definition) is 2. The quantitative estimate of drug-likeness (QED) is 0.699. The molecule has 0 spiro atoms. The summed E-state index contributed by atoms with van der Waals surface area (Å²) >= 11 is 0. The summed E-state index contributed by atoms with van der Waals surface area (Å²) in [5, 5.41) is 8.85. The lowest BCUT2D eigenvalue weighted by Gasteiger charge is -2.20. The Kier molecular flexibility index (Phi) is 8.87. The van der Waals surface area contributed by atoms with Crippen LogP contribution in [0, 0.1) is 0 Å². The number of rotatable bonds is 6. The van der Waals surface area contributed by atoms with Crippen LogP contribution in [0.25, 0.3) is 11.1 Å². The minimum absolute atomic E-state index is 0.373. The summed E-state index contributed by atoms with van der Waals surface area (Å²) in [6.07, 6.45) is 2.54. The Morgan fingerprint density at radius 1 is 1.10 bits per heavy atom. The van der Waals surface area contributed by atoms with Gasteiger partial charge in [0.15, 0.2) is 0 Å². The molecule has 0 unspecified atom stereocenters. The second-order valence-electron chi connectivity index (χ2n) is 6.97. The highest BCUT2D eigenvalue weighted by atomic mass is 16.6. The molecule has 1 saturated heterocycles. The molecule has 0 bridgehead atoms. The summed E-state index contributed by atoms with van der Waals surface area (Å²) in [4.78, 5) is 34.6. The first-order valence-corrected chi connectivity index (χ1v) is 10.1. The molecule has 1 heterocycles. The van der Waals surface area contributed by atoms with E-state index in [1.54, 1.807) is 12.1 Å². The van der Waals surface area contributed by atoms with E-state index in [1.807, 2.05) is 49.4 Å². The highest BCUT2D eigenvalue weighted by Gasteiger charge is 2.34. The van der Waals surface area contributed by atoms with Crippen molar-refractivity contribution in [2.45, 2.75) is 38.6 Å². The van der Waals surface area contributed by atoms with Gasteiger partial charge in [0.2, 0.25) is 5.91 Å². The molecular weight excluding hydrogens is 384 g/mol. The van der Waals surface area contributed by atoms with E-state index < -0.39 is 24.0 Å². The number of hydrogen-bond acceptors (Lipinski definition) is 4. The van der Waals surface area contributed by atoms with Crippen molar-refractivity contribution in [1.29, 1.82) is 0 Å². The summed E-state index contributed by atoms with van der Waals surface area (Å²) in [6.45, 7) is 2.86. The molecule has 3 N–H and O–H groups in total. The van der Waals surface area contributed by atoms with Crippen molar-refractivity contribution < 1.29 is 24.2 Å². The molecule has 0 radical (unpaired) electrons. The van der Waals surface area contributed by atoms with Crippen molar-refractivity contribution in [3.63, 3.8) is 0 Å². The predicted molar refractivity (Wildman–Crippen MR) is 114 cm³/mol. The van der Waals surface area contributed by atoms with E-state index >= 15 is 0 Å². The Bertz CT molecular complexity index is 854. The van der Waals surface area contributed by atoms with Gasteiger partial charge in [0.1, 0.15) is 6.04 Å². The van der Waals surface area contributed by atoms with E-state index in [2.05, 4.69) is 0 Å². The van der Waals surface area contributed by atoms with Crippen LogP contribution in [0.15, 0.2) is 54.6 Å². The van der Waals surface area contributed by atoms with E-state index in [9.17, 15) is 14.4 Å². The lowest BCUT2D eigenvalue weighted by atomic mass is 10.0. The molecule has 2 aromatic carbocycles. The number of nitrogens with two attached hydrogens (primary N) is 1. The van der Waals surface area contributed by atoms with Crippen LogP contribution in [0.4, 0.5) is 4.79 Å². The minimum Gasteiger partial charge on any atom is -0.480 e. The SMILES string of the molecule is CCCCOC(=O)N1CCC[C@H]1C(=O)O.NC(=O)c1cccc(-c2ccccc2)c1. The largest absolute Gasteiger partial charge is 0.480 e. The van der Waals surface area contributed by atoms with Crippen LogP contribution < -0.4 is 5.73 Å². The molecular formula is C23H28N2O5. The number of carboxylic acids is 1. The molecule has 1 fully saturated rings. The Labute approximate surface area is 176 Å². The minimum atomic E-state index is -0.944. The predicted octanol–water partition coefficient (Wildman–Crippen LogP) is 3.92. The highest BCUT2D eigenvalue weighted by Crippen LogP contribution is 2.20. The van der Waals surface area contributed by atoms with Crippen molar-refractivity contribution in [3.05, 3.63) is 60.2 Å². The van der Waals surface area contributed by atoms with Gasteiger partial charge in [-0.1, -0.05) is 55.8 Å². The molecule has 3 rings (SSSR count). The fraction of sp³-hybridized carbons (Fsp3) is 0.348. The first-order valence-electron chi connectivity index (χ1n) is 10.1. The number of primary amides is 1. The molecule has 0 aliphatic carbocycles. The van der Waals surface area contributed by atoms with Crippen LogP contribution in [-0.2, 0) is 9.53 Å². The Hall–Kier alpha value is -3.35. The summed E-state index contributed by atoms with van der Waals surface area (Å²) in [6, 6.07) is 16.5. The number of benzene rings is 2. The van der Waals surface area contributed by atoms with E-state index in [0.29, 0.717) is 25.1 Å². The van der Waals surface area contributed by atoms with E-state index in [0.717, 1.165) is 30.4 Å². The maximum absolute atomic E-state index is 11.5. The van der Waals surface area contributed by atoms with Crippen LogP contribution in [0.3, 0.4) is 0 Å². The zero-order valence-electron chi connectivity index (χ0n) is 17.1. The van der Waals surface area contributed by atoms with Gasteiger partial charge in [0, 0.05) is 12.1 Å². The van der Waals surface area contributed by atoms with Crippen molar-refractivity contribution >= 4 is 18.0 Å². The maximum Gasteiger partial charge on any atom is 0.410 e. The number of carbonyl (C=O) groups excluding carboxylic acids is 2. The number of aliphatic carboxylic acids is 1. The van der Waals surface area contributed by atoms with Crippen LogP contribution in [0.1, 0.15) is 43.0 Å². The number of amides is 2. The number of carboxylic acid groups (broad SMARTS) is 1. The number of nitrogens with zero attached hydrogens (tertiary/aromatic N) is 1. The summed E-state index contributed by atoms with van der Waals surface area (Å²) in [5.41, 5.74) is 7.85. The van der Waals surface area contributed by atoms with Crippen molar-refractivity contribution in [1.82, 2.24) is 4.90 Å². The van der Waals surface area contributed by atoms with Gasteiger partial charge in [-0.05, 0) is 42.5 Å². The average Bonchev–Trinajstić information content (AvgIpc) is 3.26. The average molecular weight is 412 g/mol. The van der Waals surface area contributed by atoms with Gasteiger partial charge in [-0.3, -0.25) is 9.69 Å². The van der Waals surface area contributed by atoms with Gasteiger partial charge in [-0.15, -0.1) is 0 Å². The molecule has 1 aliphatic rings. The normalized spacial score (nSPS) is 15.1. The Morgan fingerprint density at radius 3 is 2.43 bits per heavy atom. The number of unbranched alkanes of at least 4 members (excludes halogenated alkanes) is 1. The fourth-order valence-corrected chi connectivity index (χ4v) is 3.11. The van der Waals surface area contributed by atoms with Crippen LogP contribution in [0.5, 0.6) is 0 Å². The summed E-state index contributed by atoms with van der Waals surface area (Å²) < 4.78 is 4.97. The third kappa shape index (κ3) is 6.62. The second-order valence-corrected chi connectivity index (χ2v) is 6.97. The smallest absolute Gasteiger partial charge is 0.410 e. The lowest BCUT2D eigenvalue weighted by molar-refractivity contribution is -0.141. The Morgan fingerprint density at radius 2 is 1.80 bits per heavy atom. The molecule has 160 valence electrons. The monoisotopic (exact) mass is 412 g/mol. The fourth-order valence-electron chi connectivity index (χ4n) is 3.11. The van der Waals surface area contributed by atoms with Crippen LogP contribution in [-0.4, -0.2) is 47.2 Å². The molecule has 0 saturated carbocycles. The highest BCUT2D eigenvalue weighted by molar-refractivity contribution is 5.94. The van der Waals surface area contributed by atoms with Gasteiger partial charge in [-0.25, -0.2) is 9.59 Å². The van der Waals surface area contributed by atoms with Crippen LogP contribution >= 0.6 is 0 Å². The van der Waals surface area contributed by atoms with Gasteiger partial charge in [-0.2, -0.15) is 0 Å². The molecule has 7 nitrogen and oxygen atoms in total. The van der Waals surface area contributed by atoms with Gasteiger partial charge in [0.05, 0.1) is 6.61 Å². The maximum atomic E-state index is 11.5. The molecule has 7 heteroatoms. The van der Waals surface area contributed by atoms with Crippen molar-refractivity contribution in [2.24, 2.45) is 5.73 Å². The van der Waals surface area contributed by atoms with Gasteiger partial charge < -0.3 is 15.6 Å². The van der Waals surface area contributed by atoms with Gasteiger partial charge >= 0.3 is 12.1 Å². The van der Waals surface area contributed by atoms with Crippen molar-refractivity contribution in [2.75, 3.05) is 13.2 Å². The topological polar surface area (TPSA) is 110 Å². The van der Waals surface area contributed by atoms with E-state index in [4.69, 9.17) is 15.6 Å². The zero-order valence-corrected chi connectivity index (χ0v) is 17.1. The van der Waals surface area contributed by atoms with E-state index in [1.165, 1.54) is 4.90 Å². The molecule has 30 heavy (non-hydrogen) atoms. The van der Waals surface area contributed by atoms with Crippen molar-refractivity contribution in [3.8, 4) is 11.1 Å². The first kappa shape index (κ1) is 22.9. The molecule has 0 aromatic heterocycles. The second kappa shape index (κ2) is 11.6. The van der Waals surface area contributed by atoms with Crippen LogP contribution in [0.2, 0.25) is 0 Å². The summed E-state index contributed by atoms with van der Waals surface area (Å²) in [5.74, 6) is -1.34. The molecule has 2 amide bonds. The number of carbonyl (C=O) groups is 3. The molecule has 2 aromatic rings. The third-order valence-electron chi connectivity index (χ3n) is 4.75. The first-order chi connectivity index (χ1) is 14.4. The number of likely N-dealkylation sites (tertiary alicyclic amines) is 1. The summed E-state index contributed by atoms with van der Waals surface area (Å²) in [7, 11) is 0. The van der Waals surface area contributed by atoms with E-state index in [-0.39, 0.29) is 0 Å². The lowest BCUT2D eigenvalue weighted by Crippen LogP contribution is -2.40. The zero-order chi connectivity index (χ0) is 21.9. The Balaban J connectivity index is 0.000000214. The standard InChI is InChI=1S/C13H11NO.C10H17NO4/c14-13(15)12-8-4-7-11(9-12)10-5-2-1-3-6-10;1-2-3-7-15-10(14)11-6-4-5-8(11)9(12)13/h1-9H,(H2,14,15);8H,2-7H2,1H3,(H,12,13)/t;8-/m.0/s1. The molecule has 1 atom stereocenters. The third-order valence-corrected chi connectivity index (χ3v) is 4.75.